The molecule has 0 atom stereocenters. The van der Waals surface area contributed by atoms with Gasteiger partial charge in [-0.25, -0.2) is 38.4 Å². The van der Waals surface area contributed by atoms with Crippen molar-refractivity contribution in [1.82, 2.24) is 0 Å². The van der Waals surface area contributed by atoms with Crippen LogP contribution in [-0.2, 0) is 0 Å². The summed E-state index contributed by atoms with van der Waals surface area (Å²) in [5, 5.41) is 78.9. The lowest BCUT2D eigenvalue weighted by molar-refractivity contribution is 0.0676. The van der Waals surface area contributed by atoms with Crippen LogP contribution in [0.15, 0.2) is 170 Å². The lowest BCUT2D eigenvalue weighted by Gasteiger charge is -2.26. The number of rotatable bonds is 16. The van der Waals surface area contributed by atoms with E-state index < -0.39 is 47.8 Å². The molecule has 0 fully saturated rings. The molecule has 0 aliphatic carbocycles. The first-order valence-electron chi connectivity index (χ1n) is 24.1. The maximum atomic E-state index is 12.1. The lowest BCUT2D eigenvalue weighted by atomic mass is 9.77. The third-order valence-corrected chi connectivity index (χ3v) is 13.7. The van der Waals surface area contributed by atoms with Gasteiger partial charge >= 0.3 is 47.8 Å². The zero-order chi connectivity index (χ0) is 57.4. The maximum Gasteiger partial charge on any atom is 0.335 e. The molecule has 9 rings (SSSR count). The molecular weight excluding hydrogens is 1020 g/mol. The molecule has 8 N–H and O–H groups in total. The minimum Gasteiger partial charge on any atom is -0.478 e. The number of aromatic carboxylic acids is 8. The highest BCUT2D eigenvalue weighted by Gasteiger charge is 2.26. The van der Waals surface area contributed by atoms with E-state index >= 15 is 0 Å². The van der Waals surface area contributed by atoms with Gasteiger partial charge in [0.1, 0.15) is 0 Å². The molecule has 9 aromatic carbocycles. The third-order valence-electron chi connectivity index (χ3n) is 13.7. The normalized spacial score (nSPS) is 10.9. The molecule has 0 spiro atoms. The molecule has 0 radical (unpaired) electrons. The summed E-state index contributed by atoms with van der Waals surface area (Å²) in [5.41, 5.74) is 8.25. The Labute approximate surface area is 453 Å². The topological polar surface area (TPSA) is 298 Å². The second-order valence-corrected chi connectivity index (χ2v) is 18.7. The van der Waals surface area contributed by atoms with Gasteiger partial charge in [0, 0.05) is 0 Å². The molecule has 16 heteroatoms. The molecule has 16 nitrogen and oxygen atoms in total. The standard InChI is InChI=1S/C64H42O16/c1-31-53(37-11-3-33(4-12-37)41-19-45(57(65)66)27-46(20-41)58(67)68)55(39-15-7-35(8-16-39)43-23-49(61(73)74)29-50(24-43)62(75)76)32(2)56(40-17-9-36(10-18-40)44-25-51(63(77)78)30-52(26-44)64(79)80)54(31)38-13-5-34(6-14-38)42-21-47(59(69)70)28-48(22-42)60(71)72/h3-30H,1-2H3,(H,65,66)(H,67,68)(H,69,70)(H,71,72)(H,73,74)(H,75,76)(H,77,78)(H,79,80). The molecule has 0 heterocycles. The Kier molecular flexibility index (Phi) is 14.3. The number of hydrogen-bond acceptors (Lipinski definition) is 8. The van der Waals surface area contributed by atoms with E-state index in [1.807, 2.05) is 13.8 Å². The van der Waals surface area contributed by atoms with Crippen molar-refractivity contribution >= 4 is 47.8 Å². The van der Waals surface area contributed by atoms with Gasteiger partial charge in [-0.3, -0.25) is 0 Å². The number of benzene rings is 9. The Bertz CT molecular complexity index is 3460. The van der Waals surface area contributed by atoms with E-state index in [-0.39, 0.29) is 44.5 Å². The van der Waals surface area contributed by atoms with Crippen LogP contribution >= 0.6 is 0 Å². The minimum absolute atomic E-state index is 0.231. The molecule has 0 saturated carbocycles. The van der Waals surface area contributed by atoms with Crippen LogP contribution in [0.4, 0.5) is 0 Å². The summed E-state index contributed by atoms with van der Waals surface area (Å²) in [5.74, 6) is -10.6. The molecule has 80 heavy (non-hydrogen) atoms. The third kappa shape index (κ3) is 10.6. The van der Waals surface area contributed by atoms with Crippen molar-refractivity contribution in [3.8, 4) is 89.0 Å². The summed E-state index contributed by atoms with van der Waals surface area (Å²) in [6, 6.07) is 43.5. The van der Waals surface area contributed by atoms with Crippen LogP contribution in [0.25, 0.3) is 89.0 Å². The van der Waals surface area contributed by atoms with Crippen LogP contribution in [0.2, 0.25) is 0 Å². The fraction of sp³-hybridized carbons (Fsp3) is 0.0312. The van der Waals surface area contributed by atoms with Gasteiger partial charge in [0.25, 0.3) is 0 Å². The van der Waals surface area contributed by atoms with Crippen molar-refractivity contribution in [3.05, 3.63) is 225 Å². The van der Waals surface area contributed by atoms with Gasteiger partial charge < -0.3 is 40.9 Å². The highest BCUT2D eigenvalue weighted by Crippen LogP contribution is 2.49. The fourth-order valence-corrected chi connectivity index (χ4v) is 9.93. The molecular formula is C64H42O16. The van der Waals surface area contributed by atoms with Crippen LogP contribution in [-0.4, -0.2) is 88.6 Å². The zero-order valence-corrected chi connectivity index (χ0v) is 42.0. The number of carboxylic acid groups (broad SMARTS) is 8. The average molecular weight is 1070 g/mol. The summed E-state index contributed by atoms with van der Waals surface area (Å²) >= 11 is 0. The lowest BCUT2D eigenvalue weighted by Crippen LogP contribution is -2.03. The van der Waals surface area contributed by atoms with Gasteiger partial charge in [0.2, 0.25) is 0 Å². The van der Waals surface area contributed by atoms with Gasteiger partial charge in [0.05, 0.1) is 44.5 Å². The van der Waals surface area contributed by atoms with Crippen LogP contribution in [0, 0.1) is 13.8 Å². The second-order valence-electron chi connectivity index (χ2n) is 18.7. The first-order chi connectivity index (χ1) is 38.1. The Morgan fingerprint density at radius 2 is 0.325 bits per heavy atom. The first-order valence-corrected chi connectivity index (χ1v) is 24.1. The quantitative estimate of drug-likeness (QED) is 0.0446. The molecule has 9 aromatic rings. The van der Waals surface area contributed by atoms with Gasteiger partial charge in [-0.15, -0.1) is 0 Å². The van der Waals surface area contributed by atoms with Gasteiger partial charge in [-0.05, 0) is 187 Å². The van der Waals surface area contributed by atoms with Crippen molar-refractivity contribution in [2.75, 3.05) is 0 Å². The van der Waals surface area contributed by atoms with Crippen LogP contribution < -0.4 is 0 Å². The van der Waals surface area contributed by atoms with E-state index in [1.54, 1.807) is 97.1 Å². The van der Waals surface area contributed by atoms with Crippen LogP contribution in [0.5, 0.6) is 0 Å². The Morgan fingerprint density at radius 1 is 0.200 bits per heavy atom. The number of carboxylic acids is 8. The smallest absolute Gasteiger partial charge is 0.335 e. The Hall–Kier alpha value is -11.3. The van der Waals surface area contributed by atoms with E-state index in [0.717, 1.165) is 24.3 Å². The average Bonchev–Trinajstić information content (AvgIpc) is 3.53. The molecule has 0 aromatic heterocycles. The van der Waals surface area contributed by atoms with Gasteiger partial charge in [0.15, 0.2) is 0 Å². The van der Waals surface area contributed by atoms with Crippen LogP contribution in [0.1, 0.15) is 94.0 Å². The Morgan fingerprint density at radius 3 is 0.450 bits per heavy atom. The van der Waals surface area contributed by atoms with Crippen molar-refractivity contribution in [2.24, 2.45) is 0 Å². The van der Waals surface area contributed by atoms with Crippen molar-refractivity contribution in [2.45, 2.75) is 13.8 Å². The molecule has 0 unspecified atom stereocenters. The predicted octanol–water partition coefficient (Wildman–Crippen LogP) is 13.2. The number of carbonyl (C=O) groups is 8. The zero-order valence-electron chi connectivity index (χ0n) is 42.0. The largest absolute Gasteiger partial charge is 0.478 e. The van der Waals surface area contributed by atoms with Gasteiger partial charge in [-0.1, -0.05) is 97.1 Å². The van der Waals surface area contributed by atoms with E-state index in [1.165, 1.54) is 48.5 Å². The Balaban J connectivity index is 1.31. The summed E-state index contributed by atoms with van der Waals surface area (Å²) in [6.07, 6.45) is 0. The van der Waals surface area contributed by atoms with E-state index in [4.69, 9.17) is 0 Å². The highest BCUT2D eigenvalue weighted by molar-refractivity contribution is 6.04. The summed E-state index contributed by atoms with van der Waals surface area (Å²) in [6.45, 7) is 3.81. The molecule has 0 bridgehead atoms. The summed E-state index contributed by atoms with van der Waals surface area (Å²) < 4.78 is 0. The first kappa shape index (κ1) is 53.6. The molecule has 394 valence electrons. The fourth-order valence-electron chi connectivity index (χ4n) is 9.93. The van der Waals surface area contributed by atoms with Crippen molar-refractivity contribution < 1.29 is 79.2 Å². The second kappa shape index (κ2) is 21.4. The van der Waals surface area contributed by atoms with E-state index in [0.29, 0.717) is 100 Å². The minimum atomic E-state index is -1.32. The molecule has 0 amide bonds. The molecule has 0 aliphatic heterocycles. The maximum absolute atomic E-state index is 12.1. The number of hydrogen-bond donors (Lipinski definition) is 8. The summed E-state index contributed by atoms with van der Waals surface area (Å²) in [4.78, 5) is 96.8. The SMILES string of the molecule is Cc1c(-c2ccc(-c3cc(C(=O)O)cc(C(=O)O)c3)cc2)c(-c2ccc(-c3cc(C(=O)O)cc(C(=O)O)c3)cc2)c(C)c(-c2ccc(-c3cc(C(=O)O)cc(C(=O)O)c3)cc2)c1-c1ccc(-c2cc(C(=O)O)cc(C(=O)O)c2)cc1. The monoisotopic (exact) mass is 1070 g/mol. The molecule has 0 saturated heterocycles. The van der Waals surface area contributed by atoms with Crippen LogP contribution in [0.3, 0.4) is 0 Å². The van der Waals surface area contributed by atoms with E-state index in [9.17, 15) is 79.2 Å². The van der Waals surface area contributed by atoms with E-state index in [2.05, 4.69) is 0 Å². The summed E-state index contributed by atoms with van der Waals surface area (Å²) in [7, 11) is 0. The predicted molar refractivity (Wildman–Crippen MR) is 295 cm³/mol. The van der Waals surface area contributed by atoms with Gasteiger partial charge in [-0.2, -0.15) is 0 Å². The van der Waals surface area contributed by atoms with Crippen molar-refractivity contribution in [3.63, 3.8) is 0 Å². The highest BCUT2D eigenvalue weighted by atomic mass is 16.4. The van der Waals surface area contributed by atoms with Crippen molar-refractivity contribution in [1.29, 1.82) is 0 Å². The molecule has 0 aliphatic rings.